The number of anilines is 1. The van der Waals surface area contributed by atoms with Gasteiger partial charge in [0.25, 0.3) is 5.91 Å². The molecular weight excluding hydrogens is 420 g/mol. The lowest BCUT2D eigenvalue weighted by atomic mass is 9.70. The highest BCUT2D eigenvalue weighted by atomic mass is 16.5. The largest absolute Gasteiger partial charge is 0.483 e. The van der Waals surface area contributed by atoms with E-state index in [0.29, 0.717) is 34.4 Å². The van der Waals surface area contributed by atoms with Gasteiger partial charge < -0.3 is 9.47 Å². The second kappa shape index (κ2) is 8.14. The summed E-state index contributed by atoms with van der Waals surface area (Å²) in [6.45, 7) is 4.34. The summed E-state index contributed by atoms with van der Waals surface area (Å²) in [5.41, 5.74) is 1.49. The van der Waals surface area contributed by atoms with Crippen LogP contribution in [0.4, 0.5) is 5.82 Å². The zero-order valence-electron chi connectivity index (χ0n) is 18.9. The Kier molecular flexibility index (Phi) is 5.27. The molecule has 170 valence electrons. The highest BCUT2D eigenvalue weighted by Crippen LogP contribution is 2.49. The number of ketones is 1. The number of aromatic nitrogens is 1. The standard InChI is InChI=1S/C26H26N2O5/c1-14-12-18-19(13-15(14)2)33-24-21(23(18)29)22(16-7-9-17(10-8-16)26(31)32-3)28(25(24)30)20-6-4-5-11-27-20/h4-11,14-15,18-19,22H,12-13H2,1-3H3. The van der Waals surface area contributed by atoms with Crippen LogP contribution in [0, 0.1) is 17.8 Å². The number of rotatable bonds is 3. The molecule has 3 aliphatic rings. The number of carbonyl (C=O) groups excluding carboxylic acids is 3. The molecule has 2 aromatic rings. The molecule has 1 fully saturated rings. The van der Waals surface area contributed by atoms with Crippen molar-refractivity contribution in [1.29, 1.82) is 0 Å². The maximum absolute atomic E-state index is 13.8. The second-order valence-corrected chi connectivity index (χ2v) is 9.18. The lowest BCUT2D eigenvalue weighted by molar-refractivity contribution is -0.134. The van der Waals surface area contributed by atoms with E-state index in [4.69, 9.17) is 9.47 Å². The summed E-state index contributed by atoms with van der Waals surface area (Å²) >= 11 is 0. The highest BCUT2D eigenvalue weighted by Gasteiger charge is 2.54. The van der Waals surface area contributed by atoms with Crippen molar-refractivity contribution in [1.82, 2.24) is 4.98 Å². The molecule has 0 saturated heterocycles. The van der Waals surface area contributed by atoms with Crippen LogP contribution in [0.25, 0.3) is 0 Å². The molecule has 1 aliphatic carbocycles. The smallest absolute Gasteiger partial charge is 0.337 e. The van der Waals surface area contributed by atoms with Crippen LogP contribution in [0.1, 0.15) is 48.7 Å². The van der Waals surface area contributed by atoms with E-state index in [0.717, 1.165) is 12.8 Å². The SMILES string of the molecule is COC(=O)c1ccc(C2C3=C(OC4CC(C)C(C)CC4C3=O)C(=O)N2c2ccccn2)cc1. The predicted octanol–water partition coefficient (Wildman–Crippen LogP) is 3.86. The molecule has 0 radical (unpaired) electrons. The second-order valence-electron chi connectivity index (χ2n) is 9.18. The van der Waals surface area contributed by atoms with Crippen LogP contribution in [-0.4, -0.2) is 35.9 Å². The molecule has 1 aromatic carbocycles. The van der Waals surface area contributed by atoms with E-state index in [1.54, 1.807) is 48.7 Å². The molecule has 1 saturated carbocycles. The van der Waals surface area contributed by atoms with Gasteiger partial charge in [-0.15, -0.1) is 0 Å². The van der Waals surface area contributed by atoms with Crippen LogP contribution < -0.4 is 4.90 Å². The number of fused-ring (bicyclic) bond motifs is 1. The van der Waals surface area contributed by atoms with Gasteiger partial charge in [0.2, 0.25) is 0 Å². The molecule has 1 aromatic heterocycles. The molecule has 5 unspecified atom stereocenters. The van der Waals surface area contributed by atoms with E-state index < -0.39 is 12.0 Å². The van der Waals surface area contributed by atoms with E-state index >= 15 is 0 Å². The Labute approximate surface area is 192 Å². The average molecular weight is 447 g/mol. The number of methoxy groups -OCH3 is 1. The molecule has 0 bridgehead atoms. The summed E-state index contributed by atoms with van der Waals surface area (Å²) in [7, 11) is 1.33. The number of esters is 1. The quantitative estimate of drug-likeness (QED) is 0.666. The lowest BCUT2D eigenvalue weighted by Gasteiger charge is -2.40. The summed E-state index contributed by atoms with van der Waals surface area (Å²) < 4.78 is 11.1. The normalized spacial score (nSPS) is 28.8. The third-order valence-corrected chi connectivity index (χ3v) is 7.25. The highest BCUT2D eigenvalue weighted by molar-refractivity contribution is 6.17. The van der Waals surface area contributed by atoms with Crippen LogP contribution in [0.2, 0.25) is 0 Å². The summed E-state index contributed by atoms with van der Waals surface area (Å²) in [5, 5.41) is 0. The Morgan fingerprint density at radius 3 is 2.45 bits per heavy atom. The molecule has 0 spiro atoms. The molecule has 5 rings (SSSR count). The monoisotopic (exact) mass is 446 g/mol. The fourth-order valence-electron chi connectivity index (χ4n) is 5.23. The van der Waals surface area contributed by atoms with Gasteiger partial charge in [-0.3, -0.25) is 14.5 Å². The van der Waals surface area contributed by atoms with Gasteiger partial charge in [0.15, 0.2) is 11.5 Å². The van der Waals surface area contributed by atoms with Gasteiger partial charge in [0.1, 0.15) is 11.9 Å². The Balaban J connectivity index is 1.61. The first-order chi connectivity index (χ1) is 15.9. The van der Waals surface area contributed by atoms with Crippen LogP contribution in [0.3, 0.4) is 0 Å². The lowest BCUT2D eigenvalue weighted by Crippen LogP contribution is -2.43. The van der Waals surface area contributed by atoms with Crippen LogP contribution >= 0.6 is 0 Å². The Morgan fingerprint density at radius 1 is 1.06 bits per heavy atom. The van der Waals surface area contributed by atoms with E-state index in [1.165, 1.54) is 12.0 Å². The number of nitrogens with zero attached hydrogens (tertiary/aromatic N) is 2. The molecule has 7 heteroatoms. The van der Waals surface area contributed by atoms with Crippen LogP contribution in [0.15, 0.2) is 60.0 Å². The van der Waals surface area contributed by atoms with Gasteiger partial charge >= 0.3 is 5.97 Å². The molecule has 5 atom stereocenters. The molecule has 1 amide bonds. The zero-order chi connectivity index (χ0) is 23.3. The van der Waals surface area contributed by atoms with Crippen molar-refractivity contribution in [2.24, 2.45) is 17.8 Å². The Hall–Kier alpha value is -3.48. The number of amides is 1. The first kappa shape index (κ1) is 21.4. The number of carbonyl (C=O) groups is 3. The Morgan fingerprint density at radius 2 is 1.79 bits per heavy atom. The van der Waals surface area contributed by atoms with E-state index in [9.17, 15) is 14.4 Å². The number of hydrogen-bond acceptors (Lipinski definition) is 6. The van der Waals surface area contributed by atoms with Crippen molar-refractivity contribution in [2.75, 3.05) is 12.0 Å². The Bertz CT molecular complexity index is 1140. The number of hydrogen-bond donors (Lipinski definition) is 0. The maximum Gasteiger partial charge on any atom is 0.337 e. The number of Topliss-reactive ketones (excluding diaryl/α,β-unsaturated/α-hetero) is 1. The first-order valence-electron chi connectivity index (χ1n) is 11.3. The fraction of sp³-hybridized carbons (Fsp3) is 0.385. The summed E-state index contributed by atoms with van der Waals surface area (Å²) in [4.78, 5) is 45.2. The van der Waals surface area contributed by atoms with Gasteiger partial charge in [-0.2, -0.15) is 0 Å². The first-order valence-corrected chi connectivity index (χ1v) is 11.3. The van der Waals surface area contributed by atoms with Crippen molar-refractivity contribution in [3.05, 3.63) is 71.1 Å². The topological polar surface area (TPSA) is 85.8 Å². The number of ether oxygens (including phenoxy) is 2. The van der Waals surface area contributed by atoms with Crippen molar-refractivity contribution >= 4 is 23.5 Å². The average Bonchev–Trinajstić information content (AvgIpc) is 3.13. The summed E-state index contributed by atoms with van der Waals surface area (Å²) in [6.07, 6.45) is 2.83. The molecule has 33 heavy (non-hydrogen) atoms. The third kappa shape index (κ3) is 3.43. The van der Waals surface area contributed by atoms with Gasteiger partial charge in [0.05, 0.1) is 30.2 Å². The van der Waals surface area contributed by atoms with Gasteiger partial charge in [-0.05, 0) is 54.5 Å². The predicted molar refractivity (Wildman–Crippen MR) is 120 cm³/mol. The molecule has 7 nitrogen and oxygen atoms in total. The number of pyridine rings is 1. The van der Waals surface area contributed by atoms with Crippen LogP contribution in [0.5, 0.6) is 0 Å². The minimum Gasteiger partial charge on any atom is -0.483 e. The summed E-state index contributed by atoms with van der Waals surface area (Å²) in [6, 6.07) is 11.4. The zero-order valence-corrected chi connectivity index (χ0v) is 18.9. The van der Waals surface area contributed by atoms with Crippen molar-refractivity contribution < 1.29 is 23.9 Å². The molecule has 2 aliphatic heterocycles. The van der Waals surface area contributed by atoms with Crippen molar-refractivity contribution in [2.45, 2.75) is 38.8 Å². The van der Waals surface area contributed by atoms with Crippen molar-refractivity contribution in [3.8, 4) is 0 Å². The van der Waals surface area contributed by atoms with Gasteiger partial charge in [0, 0.05) is 6.20 Å². The van der Waals surface area contributed by atoms with Crippen molar-refractivity contribution in [3.63, 3.8) is 0 Å². The van der Waals surface area contributed by atoms with E-state index in [1.807, 2.05) is 0 Å². The number of benzene rings is 1. The van der Waals surface area contributed by atoms with Gasteiger partial charge in [-0.25, -0.2) is 9.78 Å². The third-order valence-electron chi connectivity index (χ3n) is 7.25. The molecular formula is C26H26N2O5. The fourth-order valence-corrected chi connectivity index (χ4v) is 5.23. The minimum absolute atomic E-state index is 0.0196. The van der Waals surface area contributed by atoms with E-state index in [-0.39, 0.29) is 29.5 Å². The van der Waals surface area contributed by atoms with E-state index in [2.05, 4.69) is 18.8 Å². The minimum atomic E-state index is -0.669. The van der Waals surface area contributed by atoms with Crippen LogP contribution in [-0.2, 0) is 19.1 Å². The summed E-state index contributed by atoms with van der Waals surface area (Å²) in [5.74, 6) is 0.321. The van der Waals surface area contributed by atoms with Gasteiger partial charge in [-0.1, -0.05) is 32.0 Å². The molecule has 3 heterocycles. The molecule has 0 N–H and O–H groups in total. The maximum atomic E-state index is 13.8.